The van der Waals surface area contributed by atoms with Crippen LogP contribution >= 0.6 is 0 Å². The minimum Gasteiger partial charge on any atom is -0.369 e. The van der Waals surface area contributed by atoms with Gasteiger partial charge in [0.1, 0.15) is 5.82 Å². The second-order valence-electron chi connectivity index (χ2n) is 5.41. The highest BCUT2D eigenvalue weighted by Gasteiger charge is 2.17. The first kappa shape index (κ1) is 13.1. The Balaban J connectivity index is 1.71. The van der Waals surface area contributed by atoms with Crippen molar-refractivity contribution >= 4 is 22.8 Å². The minimum atomic E-state index is 0.604. The minimum absolute atomic E-state index is 0.604. The average molecular weight is 275 g/mol. The van der Waals surface area contributed by atoms with Crippen LogP contribution in [-0.2, 0) is 0 Å². The topological polar surface area (TPSA) is 81.8 Å². The molecule has 0 atom stereocenters. The number of fused-ring (bicyclic) bond motifs is 1. The van der Waals surface area contributed by atoms with Crippen molar-refractivity contribution in [2.75, 3.05) is 44.4 Å². The summed E-state index contributed by atoms with van der Waals surface area (Å²) >= 11 is 0. The van der Waals surface area contributed by atoms with Crippen molar-refractivity contribution < 1.29 is 0 Å². The van der Waals surface area contributed by atoms with Gasteiger partial charge in [-0.25, -0.2) is 0 Å². The lowest BCUT2D eigenvalue weighted by Gasteiger charge is -2.29. The van der Waals surface area contributed by atoms with Crippen molar-refractivity contribution in [1.29, 1.82) is 0 Å². The summed E-state index contributed by atoms with van der Waals surface area (Å²) in [5.41, 5.74) is 0.759. The fourth-order valence-electron chi connectivity index (χ4n) is 2.59. The Bertz CT molecular complexity index is 571. The van der Waals surface area contributed by atoms with Crippen molar-refractivity contribution in [3.05, 3.63) is 6.20 Å². The molecular weight excluding hydrogens is 254 g/mol. The van der Waals surface area contributed by atoms with E-state index in [0.717, 1.165) is 23.4 Å². The molecule has 0 spiro atoms. The van der Waals surface area contributed by atoms with E-state index in [9.17, 15) is 0 Å². The zero-order chi connectivity index (χ0) is 13.9. The van der Waals surface area contributed by atoms with E-state index in [-0.39, 0.29) is 0 Å². The predicted octanol–water partition coefficient (Wildman–Crippen LogP) is 1.15. The third-order valence-electron chi connectivity index (χ3n) is 3.93. The summed E-state index contributed by atoms with van der Waals surface area (Å²) in [5, 5.41) is 14.3. The Labute approximate surface area is 118 Å². The number of aromatic amines is 1. The summed E-state index contributed by atoms with van der Waals surface area (Å²) in [5.74, 6) is 2.17. The summed E-state index contributed by atoms with van der Waals surface area (Å²) in [6.07, 6.45) is 4.25. The highest BCUT2D eigenvalue weighted by atomic mass is 15.2. The average Bonchev–Trinajstić information content (AvgIpc) is 2.94. The summed E-state index contributed by atoms with van der Waals surface area (Å²) in [4.78, 5) is 11.2. The van der Waals surface area contributed by atoms with Gasteiger partial charge in [-0.2, -0.15) is 15.1 Å². The molecule has 1 aliphatic rings. The van der Waals surface area contributed by atoms with Crippen LogP contribution in [-0.4, -0.2) is 58.8 Å². The molecule has 0 aliphatic carbocycles. The van der Waals surface area contributed by atoms with Gasteiger partial charge in [0.25, 0.3) is 0 Å². The zero-order valence-corrected chi connectivity index (χ0v) is 12.0. The van der Waals surface area contributed by atoms with Crippen molar-refractivity contribution in [3.8, 4) is 0 Å². The van der Waals surface area contributed by atoms with Crippen LogP contribution in [0.1, 0.15) is 12.8 Å². The van der Waals surface area contributed by atoms with E-state index >= 15 is 0 Å². The fourth-order valence-corrected chi connectivity index (χ4v) is 2.59. The lowest BCUT2D eigenvalue weighted by molar-refractivity contribution is 0.226. The highest BCUT2D eigenvalue weighted by molar-refractivity contribution is 5.86. The van der Waals surface area contributed by atoms with Gasteiger partial charge in [0, 0.05) is 13.6 Å². The fraction of sp³-hybridized carbons (Fsp3) is 0.615. The van der Waals surface area contributed by atoms with Gasteiger partial charge in [-0.1, -0.05) is 0 Å². The molecular formula is C13H21N7. The molecule has 0 unspecified atom stereocenters. The molecule has 0 bridgehead atoms. The van der Waals surface area contributed by atoms with E-state index in [1.165, 1.54) is 25.9 Å². The van der Waals surface area contributed by atoms with Crippen molar-refractivity contribution in [1.82, 2.24) is 25.1 Å². The number of nitrogens with zero attached hydrogens (tertiary/aromatic N) is 4. The Morgan fingerprint density at radius 3 is 2.90 bits per heavy atom. The van der Waals surface area contributed by atoms with Crippen LogP contribution in [0.5, 0.6) is 0 Å². The lowest BCUT2D eigenvalue weighted by Crippen LogP contribution is -2.33. The van der Waals surface area contributed by atoms with E-state index < -0.39 is 0 Å². The first-order chi connectivity index (χ1) is 9.76. The molecule has 3 N–H and O–H groups in total. The van der Waals surface area contributed by atoms with Gasteiger partial charge in [0.15, 0.2) is 5.65 Å². The van der Waals surface area contributed by atoms with Gasteiger partial charge in [-0.05, 0) is 38.9 Å². The largest absolute Gasteiger partial charge is 0.369 e. The molecule has 7 nitrogen and oxygen atoms in total. The number of likely N-dealkylation sites (tertiary alicyclic amines) is 1. The number of rotatable bonds is 4. The Morgan fingerprint density at radius 1 is 1.35 bits per heavy atom. The molecule has 3 heterocycles. The maximum Gasteiger partial charge on any atom is 0.226 e. The SMILES string of the molecule is CNc1nc(NCC2CCN(C)CC2)c2cn[nH]c2n1. The molecule has 1 saturated heterocycles. The standard InChI is InChI=1S/C13H21N7/c1-14-13-17-11(10-8-16-19-12(10)18-13)15-7-9-3-5-20(2)6-4-9/h8-9H,3-7H2,1-2H3,(H3,14,15,16,17,18,19). The van der Waals surface area contributed by atoms with Crippen LogP contribution in [0.3, 0.4) is 0 Å². The third kappa shape index (κ3) is 2.67. The molecule has 2 aromatic rings. The van der Waals surface area contributed by atoms with Gasteiger partial charge >= 0.3 is 0 Å². The monoisotopic (exact) mass is 275 g/mol. The molecule has 1 fully saturated rings. The number of hydrogen-bond acceptors (Lipinski definition) is 6. The van der Waals surface area contributed by atoms with Crippen molar-refractivity contribution in [2.45, 2.75) is 12.8 Å². The van der Waals surface area contributed by atoms with Gasteiger partial charge in [-0.3, -0.25) is 5.10 Å². The van der Waals surface area contributed by atoms with Crippen LogP contribution in [0.25, 0.3) is 11.0 Å². The Kier molecular flexibility index (Phi) is 3.68. The van der Waals surface area contributed by atoms with Crippen LogP contribution in [0, 0.1) is 5.92 Å². The molecule has 0 amide bonds. The summed E-state index contributed by atoms with van der Waals surface area (Å²) in [7, 11) is 4.00. The summed E-state index contributed by atoms with van der Waals surface area (Å²) in [6, 6.07) is 0. The maximum atomic E-state index is 4.49. The van der Waals surface area contributed by atoms with Crippen molar-refractivity contribution in [2.24, 2.45) is 5.92 Å². The maximum absolute atomic E-state index is 4.49. The lowest BCUT2D eigenvalue weighted by atomic mass is 9.97. The second-order valence-corrected chi connectivity index (χ2v) is 5.41. The predicted molar refractivity (Wildman–Crippen MR) is 79.9 cm³/mol. The van der Waals surface area contributed by atoms with E-state index in [1.54, 1.807) is 6.20 Å². The third-order valence-corrected chi connectivity index (χ3v) is 3.93. The molecule has 2 aromatic heterocycles. The normalized spacial score (nSPS) is 17.5. The van der Waals surface area contributed by atoms with Gasteiger partial charge in [0.05, 0.1) is 11.6 Å². The second kappa shape index (κ2) is 5.62. The van der Waals surface area contributed by atoms with Crippen LogP contribution in [0.2, 0.25) is 0 Å². The molecule has 20 heavy (non-hydrogen) atoms. The zero-order valence-electron chi connectivity index (χ0n) is 12.0. The van der Waals surface area contributed by atoms with Crippen LogP contribution in [0.15, 0.2) is 6.20 Å². The van der Waals surface area contributed by atoms with E-state index in [2.05, 4.69) is 42.7 Å². The molecule has 7 heteroatoms. The number of H-pyrrole nitrogens is 1. The van der Waals surface area contributed by atoms with Crippen molar-refractivity contribution in [3.63, 3.8) is 0 Å². The number of nitrogens with one attached hydrogen (secondary N) is 3. The van der Waals surface area contributed by atoms with E-state index in [4.69, 9.17) is 0 Å². The molecule has 108 valence electrons. The van der Waals surface area contributed by atoms with Gasteiger partial charge in [-0.15, -0.1) is 0 Å². The van der Waals surface area contributed by atoms with E-state index in [0.29, 0.717) is 11.9 Å². The van der Waals surface area contributed by atoms with Crippen LogP contribution in [0.4, 0.5) is 11.8 Å². The first-order valence-electron chi connectivity index (χ1n) is 7.07. The number of piperidine rings is 1. The molecule has 3 rings (SSSR count). The molecule has 0 saturated carbocycles. The van der Waals surface area contributed by atoms with Crippen LogP contribution < -0.4 is 10.6 Å². The highest BCUT2D eigenvalue weighted by Crippen LogP contribution is 2.22. The molecule has 1 aliphatic heterocycles. The van der Waals surface area contributed by atoms with E-state index in [1.807, 2.05) is 7.05 Å². The molecule has 0 radical (unpaired) electrons. The quantitative estimate of drug-likeness (QED) is 0.776. The summed E-state index contributed by atoms with van der Waals surface area (Å²) in [6.45, 7) is 3.31. The summed E-state index contributed by atoms with van der Waals surface area (Å²) < 4.78 is 0. The molecule has 0 aromatic carbocycles. The van der Waals surface area contributed by atoms with Gasteiger partial charge in [0.2, 0.25) is 5.95 Å². The smallest absolute Gasteiger partial charge is 0.226 e. The first-order valence-corrected chi connectivity index (χ1v) is 7.07. The van der Waals surface area contributed by atoms with Gasteiger partial charge < -0.3 is 15.5 Å². The Hall–Kier alpha value is -1.89. The Morgan fingerprint density at radius 2 is 2.15 bits per heavy atom. The number of hydrogen-bond donors (Lipinski definition) is 3. The number of anilines is 2. The number of aromatic nitrogens is 4.